The highest BCUT2D eigenvalue weighted by Gasteiger charge is 2.35. The first kappa shape index (κ1) is 22.3. The molecular formula is C20H25F3N6O3. The third kappa shape index (κ3) is 4.65. The molecule has 32 heavy (non-hydrogen) atoms. The topological polar surface area (TPSA) is 126 Å². The van der Waals surface area contributed by atoms with Crippen molar-refractivity contribution >= 4 is 28.7 Å². The van der Waals surface area contributed by atoms with E-state index in [2.05, 4.69) is 20.6 Å². The lowest BCUT2D eigenvalue weighted by molar-refractivity contribution is -0.137. The van der Waals surface area contributed by atoms with E-state index < -0.39 is 17.8 Å². The van der Waals surface area contributed by atoms with Crippen LogP contribution in [0.4, 0.5) is 23.8 Å². The van der Waals surface area contributed by atoms with Gasteiger partial charge in [0.15, 0.2) is 5.82 Å². The Morgan fingerprint density at radius 3 is 2.50 bits per heavy atom. The van der Waals surface area contributed by atoms with Crippen LogP contribution in [0.25, 0.3) is 10.9 Å². The molecule has 1 aliphatic heterocycles. The molecule has 0 unspecified atom stereocenters. The van der Waals surface area contributed by atoms with Gasteiger partial charge in [0, 0.05) is 24.5 Å². The second kappa shape index (κ2) is 8.58. The summed E-state index contributed by atoms with van der Waals surface area (Å²) in [6.45, 7) is 1.23. The van der Waals surface area contributed by atoms with Crippen molar-refractivity contribution < 1.29 is 27.9 Å². The van der Waals surface area contributed by atoms with Crippen LogP contribution in [0, 0.1) is 0 Å². The minimum atomic E-state index is -4.57. The number of anilines is 1. The van der Waals surface area contributed by atoms with Crippen LogP contribution in [0.1, 0.15) is 31.2 Å². The summed E-state index contributed by atoms with van der Waals surface area (Å²) in [7, 11) is 0. The van der Waals surface area contributed by atoms with Crippen LogP contribution in [0.3, 0.4) is 0 Å². The van der Waals surface area contributed by atoms with Gasteiger partial charge >= 0.3 is 12.2 Å². The zero-order chi connectivity index (χ0) is 23.0. The number of fused-ring (bicyclic) bond motifs is 1. The Bertz CT molecular complexity index is 1010. The highest BCUT2D eigenvalue weighted by atomic mass is 19.4. The Hall–Kier alpha value is -2.86. The van der Waals surface area contributed by atoms with E-state index in [1.165, 1.54) is 0 Å². The average Bonchev–Trinajstić information content (AvgIpc) is 3.07. The molecule has 2 amide bonds. The van der Waals surface area contributed by atoms with Gasteiger partial charge in [-0.15, -0.1) is 5.10 Å². The number of rotatable bonds is 5. The predicted octanol–water partition coefficient (Wildman–Crippen LogP) is 1.50. The van der Waals surface area contributed by atoms with E-state index in [0.29, 0.717) is 6.04 Å². The molecule has 9 nitrogen and oxygen atoms in total. The number of amides is 2. The molecule has 2 aromatic rings. The number of aromatic nitrogens is 2. The molecule has 2 fully saturated rings. The van der Waals surface area contributed by atoms with Crippen molar-refractivity contribution in [3.8, 4) is 0 Å². The van der Waals surface area contributed by atoms with Crippen LogP contribution in [-0.4, -0.2) is 69.5 Å². The van der Waals surface area contributed by atoms with Gasteiger partial charge in [0.1, 0.15) is 0 Å². The Kier molecular flexibility index (Phi) is 5.99. The lowest BCUT2D eigenvalue weighted by atomic mass is 9.89. The SMILES string of the molecule is NC(=O)n1nc(NCC(=O)NC2CN(C3CCC(O)CC3)C2)c2cc(C(F)(F)F)ccc21. The molecule has 174 valence electrons. The van der Waals surface area contributed by atoms with Crippen LogP contribution < -0.4 is 16.4 Å². The molecule has 1 saturated carbocycles. The minimum Gasteiger partial charge on any atom is -0.393 e. The summed E-state index contributed by atoms with van der Waals surface area (Å²) in [6, 6.07) is 2.30. The van der Waals surface area contributed by atoms with E-state index in [4.69, 9.17) is 5.73 Å². The maximum atomic E-state index is 13.1. The summed E-state index contributed by atoms with van der Waals surface area (Å²) in [5, 5.41) is 19.2. The average molecular weight is 454 g/mol. The van der Waals surface area contributed by atoms with Crippen molar-refractivity contribution in [1.29, 1.82) is 0 Å². The molecule has 0 atom stereocenters. The van der Waals surface area contributed by atoms with Crippen molar-refractivity contribution in [3.63, 3.8) is 0 Å². The number of benzene rings is 1. The number of alkyl halides is 3. The number of primary amides is 1. The van der Waals surface area contributed by atoms with Crippen molar-refractivity contribution in [2.75, 3.05) is 25.0 Å². The van der Waals surface area contributed by atoms with Crippen LogP contribution in [0.15, 0.2) is 18.2 Å². The predicted molar refractivity (Wildman–Crippen MR) is 110 cm³/mol. The molecule has 12 heteroatoms. The van der Waals surface area contributed by atoms with Crippen molar-refractivity contribution in [3.05, 3.63) is 23.8 Å². The minimum absolute atomic E-state index is 0.00657. The Morgan fingerprint density at radius 2 is 1.88 bits per heavy atom. The molecule has 2 aliphatic rings. The zero-order valence-corrected chi connectivity index (χ0v) is 17.2. The van der Waals surface area contributed by atoms with Gasteiger partial charge in [-0.3, -0.25) is 9.69 Å². The Morgan fingerprint density at radius 1 is 1.19 bits per heavy atom. The molecule has 1 saturated heterocycles. The number of halogens is 3. The van der Waals surface area contributed by atoms with Gasteiger partial charge in [0.05, 0.1) is 29.8 Å². The van der Waals surface area contributed by atoms with Gasteiger partial charge in [-0.1, -0.05) is 0 Å². The number of aliphatic hydroxyl groups is 1. The lowest BCUT2D eigenvalue weighted by Crippen LogP contribution is -2.63. The van der Waals surface area contributed by atoms with Crippen LogP contribution >= 0.6 is 0 Å². The highest BCUT2D eigenvalue weighted by molar-refractivity contribution is 5.97. The van der Waals surface area contributed by atoms with E-state index >= 15 is 0 Å². The number of aliphatic hydroxyl groups excluding tert-OH is 1. The number of carbonyl (C=O) groups excluding carboxylic acids is 2. The second-order valence-corrected chi connectivity index (χ2v) is 8.36. The quantitative estimate of drug-likeness (QED) is 0.543. The molecule has 1 aliphatic carbocycles. The van der Waals surface area contributed by atoms with Crippen molar-refractivity contribution in [2.45, 2.75) is 50.0 Å². The monoisotopic (exact) mass is 454 g/mol. The van der Waals surface area contributed by atoms with Crippen LogP contribution in [-0.2, 0) is 11.0 Å². The molecule has 0 radical (unpaired) electrons. The Labute approximate surface area is 181 Å². The molecule has 5 N–H and O–H groups in total. The number of nitrogens with two attached hydrogens (primary N) is 1. The van der Waals surface area contributed by atoms with Gasteiger partial charge < -0.3 is 21.5 Å². The van der Waals surface area contributed by atoms with E-state index in [0.717, 1.165) is 61.7 Å². The molecule has 4 rings (SSSR count). The summed E-state index contributed by atoms with van der Waals surface area (Å²) in [4.78, 5) is 26.2. The molecular weight excluding hydrogens is 429 g/mol. The first-order valence-corrected chi connectivity index (χ1v) is 10.5. The summed E-state index contributed by atoms with van der Waals surface area (Å²) in [6.07, 6.45) is -1.30. The smallest absolute Gasteiger partial charge is 0.393 e. The fourth-order valence-corrected chi connectivity index (χ4v) is 4.36. The van der Waals surface area contributed by atoms with Crippen LogP contribution in [0.2, 0.25) is 0 Å². The molecule has 2 heterocycles. The number of nitrogens with zero attached hydrogens (tertiary/aromatic N) is 3. The first-order valence-electron chi connectivity index (χ1n) is 10.5. The zero-order valence-electron chi connectivity index (χ0n) is 17.2. The van der Waals surface area contributed by atoms with E-state index in [1.807, 2.05) is 0 Å². The second-order valence-electron chi connectivity index (χ2n) is 8.36. The Balaban J connectivity index is 1.35. The van der Waals surface area contributed by atoms with Crippen molar-refractivity contribution in [2.24, 2.45) is 5.73 Å². The highest BCUT2D eigenvalue weighted by Crippen LogP contribution is 2.33. The number of nitrogens with one attached hydrogen (secondary N) is 2. The molecule has 1 aromatic carbocycles. The number of likely N-dealkylation sites (tertiary alicyclic amines) is 1. The third-order valence-corrected chi connectivity index (χ3v) is 6.09. The van der Waals surface area contributed by atoms with Crippen molar-refractivity contribution in [1.82, 2.24) is 20.0 Å². The fourth-order valence-electron chi connectivity index (χ4n) is 4.36. The summed E-state index contributed by atoms with van der Waals surface area (Å²) < 4.78 is 40.0. The van der Waals surface area contributed by atoms with E-state index in [9.17, 15) is 27.9 Å². The maximum absolute atomic E-state index is 13.1. The number of hydrogen-bond acceptors (Lipinski definition) is 6. The molecule has 0 spiro atoms. The van der Waals surface area contributed by atoms with E-state index in [1.54, 1.807) is 0 Å². The van der Waals surface area contributed by atoms with Gasteiger partial charge in [-0.05, 0) is 43.9 Å². The number of carbonyl (C=O) groups is 2. The number of hydrogen-bond donors (Lipinski definition) is 4. The fraction of sp³-hybridized carbons (Fsp3) is 0.550. The maximum Gasteiger partial charge on any atom is 0.416 e. The van der Waals surface area contributed by atoms with Gasteiger partial charge in [0.2, 0.25) is 5.91 Å². The molecule has 0 bridgehead atoms. The summed E-state index contributed by atoms with van der Waals surface area (Å²) >= 11 is 0. The largest absolute Gasteiger partial charge is 0.416 e. The molecule has 1 aromatic heterocycles. The first-order chi connectivity index (χ1) is 15.1. The standard InChI is InChI=1S/C20H25F3N6O3/c21-20(22,23)11-1-6-16-15(7-11)18(27-29(16)19(24)32)25-8-17(31)26-12-9-28(10-12)13-2-4-14(30)5-3-13/h1,6-7,12-14,30H,2-5,8-10H2,(H2,24,32)(H,25,27)(H,26,31). The van der Waals surface area contributed by atoms with E-state index in [-0.39, 0.29) is 41.3 Å². The van der Waals surface area contributed by atoms with Crippen LogP contribution in [0.5, 0.6) is 0 Å². The summed E-state index contributed by atoms with van der Waals surface area (Å²) in [5.41, 5.74) is 4.48. The van der Waals surface area contributed by atoms with Gasteiger partial charge in [-0.25, -0.2) is 4.79 Å². The third-order valence-electron chi connectivity index (χ3n) is 6.09. The normalized spacial score (nSPS) is 22.5. The lowest BCUT2D eigenvalue weighted by Gasteiger charge is -2.46. The van der Waals surface area contributed by atoms with Gasteiger partial charge in [0.25, 0.3) is 0 Å². The van der Waals surface area contributed by atoms with Gasteiger partial charge in [-0.2, -0.15) is 17.9 Å². The summed E-state index contributed by atoms with van der Waals surface area (Å²) in [5.74, 6) is -0.362.